The lowest BCUT2D eigenvalue weighted by atomic mass is 9.95. The Morgan fingerprint density at radius 2 is 1.77 bits per heavy atom. The van der Waals surface area contributed by atoms with Crippen molar-refractivity contribution < 1.29 is 23.9 Å². The number of fused-ring (bicyclic) bond motifs is 1. The number of carbonyl (C=O) groups excluding carboxylic acids is 3. The van der Waals surface area contributed by atoms with Crippen molar-refractivity contribution >= 4 is 28.9 Å². The zero-order valence-corrected chi connectivity index (χ0v) is 18.6. The monoisotopic (exact) mass is 444 g/mol. The van der Waals surface area contributed by atoms with Crippen molar-refractivity contribution in [3.63, 3.8) is 0 Å². The van der Waals surface area contributed by atoms with E-state index in [0.29, 0.717) is 29.6 Å². The van der Waals surface area contributed by atoms with E-state index in [1.807, 2.05) is 43.5 Å². The van der Waals surface area contributed by atoms with Gasteiger partial charge in [0.05, 0.1) is 10.9 Å². The highest BCUT2D eigenvalue weighted by Gasteiger charge is 2.21. The van der Waals surface area contributed by atoms with E-state index in [1.54, 1.807) is 6.07 Å². The molecule has 2 aromatic rings. The minimum absolute atomic E-state index is 0.0397. The van der Waals surface area contributed by atoms with Crippen LogP contribution in [0.25, 0.3) is 0 Å². The van der Waals surface area contributed by atoms with Gasteiger partial charge in [-0.1, -0.05) is 26.0 Å². The Hall–Kier alpha value is -2.87. The van der Waals surface area contributed by atoms with E-state index in [1.165, 1.54) is 11.3 Å². The standard InChI is InChI=1S/C23H28N2O5S/c1-15(2)23(16-5-7-18-19(14-16)30-12-11-29-18)25-22(28)9-10-24-21(27)8-6-17(26)20-4-3-13-31-20/h3-5,7,13-15,23H,6,8-12H2,1-2H3,(H,24,27)(H,25,28)/t23-/m0/s1. The molecule has 2 N–H and O–H groups in total. The van der Waals surface area contributed by atoms with Gasteiger partial charge in [-0.15, -0.1) is 11.3 Å². The Kier molecular flexibility index (Phi) is 8.06. The zero-order valence-electron chi connectivity index (χ0n) is 17.8. The summed E-state index contributed by atoms with van der Waals surface area (Å²) in [5, 5.41) is 7.59. The van der Waals surface area contributed by atoms with E-state index < -0.39 is 0 Å². The zero-order chi connectivity index (χ0) is 22.2. The van der Waals surface area contributed by atoms with Crippen molar-refractivity contribution in [1.82, 2.24) is 10.6 Å². The average Bonchev–Trinajstić information content (AvgIpc) is 3.30. The van der Waals surface area contributed by atoms with E-state index in [2.05, 4.69) is 10.6 Å². The van der Waals surface area contributed by atoms with Gasteiger partial charge >= 0.3 is 0 Å². The van der Waals surface area contributed by atoms with Gasteiger partial charge in [-0.05, 0) is 35.1 Å². The average molecular weight is 445 g/mol. The molecule has 0 aliphatic carbocycles. The molecule has 3 rings (SSSR count). The highest BCUT2D eigenvalue weighted by atomic mass is 32.1. The van der Waals surface area contributed by atoms with Crippen LogP contribution in [0.15, 0.2) is 35.7 Å². The molecule has 1 aromatic carbocycles. The first-order valence-corrected chi connectivity index (χ1v) is 11.3. The van der Waals surface area contributed by atoms with Crippen molar-refractivity contribution in [2.24, 2.45) is 5.92 Å². The number of hydrogen-bond acceptors (Lipinski definition) is 6. The number of ketones is 1. The summed E-state index contributed by atoms with van der Waals surface area (Å²) < 4.78 is 11.2. The third-order valence-electron chi connectivity index (χ3n) is 4.96. The Balaban J connectivity index is 1.44. The highest BCUT2D eigenvalue weighted by molar-refractivity contribution is 7.12. The number of amides is 2. The summed E-state index contributed by atoms with van der Waals surface area (Å²) >= 11 is 1.37. The molecule has 0 saturated carbocycles. The van der Waals surface area contributed by atoms with Gasteiger partial charge in [0.15, 0.2) is 17.3 Å². The lowest BCUT2D eigenvalue weighted by molar-refractivity contribution is -0.123. The lowest BCUT2D eigenvalue weighted by Crippen LogP contribution is -2.35. The molecule has 1 aliphatic heterocycles. The molecule has 1 aliphatic rings. The predicted octanol–water partition coefficient (Wildman–Crippen LogP) is 3.50. The lowest BCUT2D eigenvalue weighted by Gasteiger charge is -2.25. The van der Waals surface area contributed by atoms with E-state index in [0.717, 1.165) is 5.56 Å². The second-order valence-electron chi connectivity index (χ2n) is 7.69. The summed E-state index contributed by atoms with van der Waals surface area (Å²) in [5.74, 6) is 1.15. The van der Waals surface area contributed by atoms with Crippen LogP contribution >= 0.6 is 11.3 Å². The van der Waals surface area contributed by atoms with Crippen LogP contribution in [0.2, 0.25) is 0 Å². The van der Waals surface area contributed by atoms with Crippen LogP contribution < -0.4 is 20.1 Å². The van der Waals surface area contributed by atoms with Crippen LogP contribution in [-0.2, 0) is 9.59 Å². The molecule has 31 heavy (non-hydrogen) atoms. The Bertz CT molecular complexity index is 911. The Morgan fingerprint density at radius 1 is 1.00 bits per heavy atom. The molecule has 1 aromatic heterocycles. The maximum Gasteiger partial charge on any atom is 0.222 e. The summed E-state index contributed by atoms with van der Waals surface area (Å²) in [6.45, 7) is 5.34. The van der Waals surface area contributed by atoms with Gasteiger partial charge in [-0.3, -0.25) is 14.4 Å². The maximum atomic E-state index is 12.5. The van der Waals surface area contributed by atoms with Crippen LogP contribution in [0.1, 0.15) is 54.4 Å². The summed E-state index contributed by atoms with van der Waals surface area (Å²) in [6.07, 6.45) is 0.445. The van der Waals surface area contributed by atoms with Crippen molar-refractivity contribution in [2.45, 2.75) is 39.2 Å². The number of Topliss-reactive ketones (excluding diaryl/α,β-unsaturated/α-hetero) is 1. The molecule has 166 valence electrons. The van der Waals surface area contributed by atoms with Gasteiger partial charge in [-0.25, -0.2) is 0 Å². The number of carbonyl (C=O) groups is 3. The maximum absolute atomic E-state index is 12.5. The summed E-state index contributed by atoms with van der Waals surface area (Å²) in [7, 11) is 0. The van der Waals surface area contributed by atoms with E-state index in [-0.39, 0.29) is 55.4 Å². The predicted molar refractivity (Wildman–Crippen MR) is 119 cm³/mol. The molecule has 8 heteroatoms. The summed E-state index contributed by atoms with van der Waals surface area (Å²) in [6, 6.07) is 9.09. The Morgan fingerprint density at radius 3 is 2.48 bits per heavy atom. The molecule has 2 amide bonds. The van der Waals surface area contributed by atoms with Crippen molar-refractivity contribution in [3.8, 4) is 11.5 Å². The number of ether oxygens (including phenoxy) is 2. The van der Waals surface area contributed by atoms with Crippen LogP contribution in [0.5, 0.6) is 11.5 Å². The highest BCUT2D eigenvalue weighted by Crippen LogP contribution is 2.34. The normalized spacial score (nSPS) is 13.5. The molecule has 0 radical (unpaired) electrons. The van der Waals surface area contributed by atoms with Gasteiger partial charge in [0.1, 0.15) is 13.2 Å². The summed E-state index contributed by atoms with van der Waals surface area (Å²) in [5.41, 5.74) is 0.948. The van der Waals surface area contributed by atoms with Crippen LogP contribution in [0.4, 0.5) is 0 Å². The number of rotatable bonds is 10. The molecule has 2 heterocycles. The molecular weight excluding hydrogens is 416 g/mol. The summed E-state index contributed by atoms with van der Waals surface area (Å²) in [4.78, 5) is 37.0. The number of benzene rings is 1. The van der Waals surface area contributed by atoms with Gasteiger partial charge in [0.25, 0.3) is 0 Å². The quantitative estimate of drug-likeness (QED) is 0.547. The van der Waals surface area contributed by atoms with Crippen molar-refractivity contribution in [3.05, 3.63) is 46.2 Å². The molecule has 0 unspecified atom stereocenters. The van der Waals surface area contributed by atoms with Gasteiger partial charge in [-0.2, -0.15) is 0 Å². The third-order valence-corrected chi connectivity index (χ3v) is 5.87. The van der Waals surface area contributed by atoms with Crippen LogP contribution in [-0.4, -0.2) is 37.4 Å². The van der Waals surface area contributed by atoms with E-state index in [9.17, 15) is 14.4 Å². The molecule has 0 saturated heterocycles. The molecule has 0 bridgehead atoms. The topological polar surface area (TPSA) is 93.7 Å². The first-order valence-electron chi connectivity index (χ1n) is 10.5. The fourth-order valence-corrected chi connectivity index (χ4v) is 4.02. The second kappa shape index (κ2) is 10.9. The first-order chi connectivity index (χ1) is 14.9. The number of thiophene rings is 1. The molecule has 1 atom stereocenters. The number of nitrogens with one attached hydrogen (secondary N) is 2. The molecular formula is C23H28N2O5S. The number of hydrogen-bond donors (Lipinski definition) is 2. The fraction of sp³-hybridized carbons (Fsp3) is 0.435. The second-order valence-corrected chi connectivity index (χ2v) is 8.64. The van der Waals surface area contributed by atoms with Crippen molar-refractivity contribution in [1.29, 1.82) is 0 Å². The van der Waals surface area contributed by atoms with Crippen LogP contribution in [0, 0.1) is 5.92 Å². The minimum Gasteiger partial charge on any atom is -0.486 e. The van der Waals surface area contributed by atoms with Crippen molar-refractivity contribution in [2.75, 3.05) is 19.8 Å². The van der Waals surface area contributed by atoms with Gasteiger partial charge in [0.2, 0.25) is 11.8 Å². The molecule has 0 fully saturated rings. The third kappa shape index (κ3) is 6.55. The first kappa shape index (κ1) is 22.8. The molecule has 0 spiro atoms. The minimum atomic E-state index is -0.232. The van der Waals surface area contributed by atoms with Gasteiger partial charge in [0, 0.05) is 25.8 Å². The molecule has 7 nitrogen and oxygen atoms in total. The van der Waals surface area contributed by atoms with E-state index in [4.69, 9.17) is 9.47 Å². The largest absolute Gasteiger partial charge is 0.486 e. The van der Waals surface area contributed by atoms with Gasteiger partial charge < -0.3 is 20.1 Å². The fourth-order valence-electron chi connectivity index (χ4n) is 3.33. The van der Waals surface area contributed by atoms with Crippen LogP contribution in [0.3, 0.4) is 0 Å². The Labute approximate surface area is 186 Å². The smallest absolute Gasteiger partial charge is 0.222 e. The van der Waals surface area contributed by atoms with E-state index >= 15 is 0 Å². The SMILES string of the molecule is CC(C)[C@H](NC(=O)CCNC(=O)CCC(=O)c1cccs1)c1ccc2c(c1)OCCO2.